The second-order valence-electron chi connectivity index (χ2n) is 3.46. The minimum Gasteiger partial charge on any atom is -0.458 e. The zero-order valence-corrected chi connectivity index (χ0v) is 9.98. The zero-order valence-electron chi connectivity index (χ0n) is 9.98. The molecule has 0 atom stereocenters. The molecule has 0 aliphatic carbocycles. The molecular weight excluding hydrogens is 251 g/mol. The summed E-state index contributed by atoms with van der Waals surface area (Å²) in [6.45, 7) is 3.41. The van der Waals surface area contributed by atoms with Crippen molar-refractivity contribution >= 4 is 17.6 Å². The third-order valence-electron chi connectivity index (χ3n) is 2.05. The van der Waals surface area contributed by atoms with Crippen molar-refractivity contribution in [3.63, 3.8) is 0 Å². The number of halogens is 1. The Labute approximate surface area is 109 Å². The standard InChI is InChI=1S/C13H11FN2O3/c1-2-7-19-13(18)9-3-4-11(10(14)8-9)16-12(17)5-6-15/h2-4,8H,1,5,7H2,(H,16,17). The van der Waals surface area contributed by atoms with Crippen LogP contribution >= 0.6 is 0 Å². The molecule has 1 rings (SSSR count). The number of hydrogen-bond donors (Lipinski definition) is 1. The summed E-state index contributed by atoms with van der Waals surface area (Å²) in [6, 6.07) is 5.14. The van der Waals surface area contributed by atoms with E-state index in [0.29, 0.717) is 0 Å². The third kappa shape index (κ3) is 4.24. The number of esters is 1. The topological polar surface area (TPSA) is 79.2 Å². The molecule has 0 fully saturated rings. The van der Waals surface area contributed by atoms with E-state index < -0.39 is 17.7 Å². The molecule has 0 bridgehead atoms. The summed E-state index contributed by atoms with van der Waals surface area (Å²) in [7, 11) is 0. The molecule has 0 spiro atoms. The van der Waals surface area contributed by atoms with Gasteiger partial charge in [-0.1, -0.05) is 12.7 Å². The van der Waals surface area contributed by atoms with Gasteiger partial charge in [0.15, 0.2) is 0 Å². The highest BCUT2D eigenvalue weighted by Crippen LogP contribution is 2.16. The molecule has 0 radical (unpaired) electrons. The van der Waals surface area contributed by atoms with Crippen LogP contribution in [0.15, 0.2) is 30.9 Å². The van der Waals surface area contributed by atoms with Crippen molar-refractivity contribution in [1.29, 1.82) is 5.26 Å². The highest BCUT2D eigenvalue weighted by atomic mass is 19.1. The fourth-order valence-corrected chi connectivity index (χ4v) is 1.23. The summed E-state index contributed by atoms with van der Waals surface area (Å²) >= 11 is 0. The Kier molecular flexibility index (Phi) is 5.23. The third-order valence-corrected chi connectivity index (χ3v) is 2.05. The molecule has 1 aromatic rings. The van der Waals surface area contributed by atoms with Gasteiger partial charge in [-0.25, -0.2) is 9.18 Å². The van der Waals surface area contributed by atoms with Gasteiger partial charge in [0.05, 0.1) is 17.3 Å². The van der Waals surface area contributed by atoms with E-state index in [1.807, 2.05) is 0 Å². The maximum atomic E-state index is 13.6. The highest BCUT2D eigenvalue weighted by Gasteiger charge is 2.12. The fourth-order valence-electron chi connectivity index (χ4n) is 1.23. The molecule has 19 heavy (non-hydrogen) atoms. The van der Waals surface area contributed by atoms with Crippen molar-refractivity contribution < 1.29 is 18.7 Å². The Morgan fingerprint density at radius 1 is 1.53 bits per heavy atom. The molecule has 0 aromatic heterocycles. The van der Waals surface area contributed by atoms with Gasteiger partial charge in [0.1, 0.15) is 18.8 Å². The molecule has 0 aliphatic rings. The van der Waals surface area contributed by atoms with Crippen molar-refractivity contribution in [1.82, 2.24) is 0 Å². The molecule has 6 heteroatoms. The van der Waals surface area contributed by atoms with Gasteiger partial charge in [-0.3, -0.25) is 4.79 Å². The van der Waals surface area contributed by atoms with E-state index in [4.69, 9.17) is 10.00 Å². The fraction of sp³-hybridized carbons (Fsp3) is 0.154. The van der Waals surface area contributed by atoms with Crippen LogP contribution in [-0.4, -0.2) is 18.5 Å². The largest absolute Gasteiger partial charge is 0.458 e. The van der Waals surface area contributed by atoms with Crippen LogP contribution in [0.1, 0.15) is 16.8 Å². The Bertz CT molecular complexity index is 549. The smallest absolute Gasteiger partial charge is 0.338 e. The summed E-state index contributed by atoms with van der Waals surface area (Å²) in [5.74, 6) is -2.09. The molecule has 98 valence electrons. The number of nitrogens with zero attached hydrogens (tertiary/aromatic N) is 1. The minimum atomic E-state index is -0.778. The highest BCUT2D eigenvalue weighted by molar-refractivity contribution is 5.94. The van der Waals surface area contributed by atoms with Crippen LogP contribution in [0.25, 0.3) is 0 Å². The summed E-state index contributed by atoms with van der Waals surface area (Å²) in [4.78, 5) is 22.5. The Morgan fingerprint density at radius 2 is 2.26 bits per heavy atom. The number of carbonyl (C=O) groups excluding carboxylic acids is 2. The van der Waals surface area contributed by atoms with Crippen LogP contribution in [0.2, 0.25) is 0 Å². The first-order valence-corrected chi connectivity index (χ1v) is 5.33. The number of carbonyl (C=O) groups is 2. The van der Waals surface area contributed by atoms with E-state index in [2.05, 4.69) is 11.9 Å². The maximum absolute atomic E-state index is 13.6. The zero-order chi connectivity index (χ0) is 14.3. The number of nitrogens with one attached hydrogen (secondary N) is 1. The van der Waals surface area contributed by atoms with Gasteiger partial charge in [-0.05, 0) is 18.2 Å². The predicted octanol–water partition coefficient (Wildman–Crippen LogP) is 2.02. The van der Waals surface area contributed by atoms with Gasteiger partial charge in [-0.2, -0.15) is 5.26 Å². The van der Waals surface area contributed by atoms with Crippen molar-refractivity contribution in [3.05, 3.63) is 42.2 Å². The first-order chi connectivity index (χ1) is 9.08. The number of benzene rings is 1. The van der Waals surface area contributed by atoms with Crippen LogP contribution in [0.3, 0.4) is 0 Å². The van der Waals surface area contributed by atoms with Crippen LogP contribution in [0.4, 0.5) is 10.1 Å². The van der Waals surface area contributed by atoms with Crippen LogP contribution < -0.4 is 5.32 Å². The second kappa shape index (κ2) is 6.91. The van der Waals surface area contributed by atoms with E-state index in [-0.39, 0.29) is 24.3 Å². The lowest BCUT2D eigenvalue weighted by Crippen LogP contribution is -2.12. The van der Waals surface area contributed by atoms with Crippen LogP contribution in [-0.2, 0) is 9.53 Å². The molecule has 5 nitrogen and oxygen atoms in total. The minimum absolute atomic E-state index is 0.0256. The molecule has 0 unspecified atom stereocenters. The van der Waals surface area contributed by atoms with E-state index in [1.54, 1.807) is 6.07 Å². The summed E-state index contributed by atoms with van der Waals surface area (Å²) < 4.78 is 18.3. The first kappa shape index (κ1) is 14.4. The molecule has 0 aliphatic heterocycles. The van der Waals surface area contributed by atoms with E-state index in [9.17, 15) is 14.0 Å². The summed E-state index contributed by atoms with van der Waals surface area (Å²) in [6.07, 6.45) is 1.02. The predicted molar refractivity (Wildman–Crippen MR) is 65.7 cm³/mol. The quantitative estimate of drug-likeness (QED) is 0.650. The Hall–Kier alpha value is -2.68. The molecule has 0 heterocycles. The number of nitriles is 1. The van der Waals surface area contributed by atoms with Gasteiger partial charge in [-0.15, -0.1) is 0 Å². The van der Waals surface area contributed by atoms with Gasteiger partial charge >= 0.3 is 5.97 Å². The maximum Gasteiger partial charge on any atom is 0.338 e. The first-order valence-electron chi connectivity index (χ1n) is 5.33. The number of ether oxygens (including phenoxy) is 1. The number of amides is 1. The number of anilines is 1. The summed E-state index contributed by atoms with van der Waals surface area (Å²) in [5.41, 5.74) is -0.0712. The van der Waals surface area contributed by atoms with Gasteiger partial charge in [0.2, 0.25) is 5.91 Å². The normalized spacial score (nSPS) is 9.26. The lowest BCUT2D eigenvalue weighted by atomic mass is 10.2. The van der Waals surface area contributed by atoms with Gasteiger partial charge in [0.25, 0.3) is 0 Å². The van der Waals surface area contributed by atoms with E-state index >= 15 is 0 Å². The average Bonchev–Trinajstić information content (AvgIpc) is 2.38. The molecule has 1 amide bonds. The van der Waals surface area contributed by atoms with E-state index in [1.165, 1.54) is 18.2 Å². The lowest BCUT2D eigenvalue weighted by molar-refractivity contribution is -0.115. The van der Waals surface area contributed by atoms with Gasteiger partial charge < -0.3 is 10.1 Å². The number of hydrogen-bond acceptors (Lipinski definition) is 4. The number of rotatable bonds is 5. The van der Waals surface area contributed by atoms with Crippen LogP contribution in [0, 0.1) is 17.1 Å². The SMILES string of the molecule is C=CCOC(=O)c1ccc(NC(=O)CC#N)c(F)c1. The monoisotopic (exact) mass is 262 g/mol. The molecule has 0 saturated carbocycles. The molecule has 1 aromatic carbocycles. The average molecular weight is 262 g/mol. The van der Waals surface area contributed by atoms with Crippen molar-refractivity contribution in [2.24, 2.45) is 0 Å². The molecular formula is C13H11FN2O3. The Balaban J connectivity index is 2.80. The van der Waals surface area contributed by atoms with Crippen LogP contribution in [0.5, 0.6) is 0 Å². The van der Waals surface area contributed by atoms with Crippen molar-refractivity contribution in [3.8, 4) is 6.07 Å². The van der Waals surface area contributed by atoms with Crippen molar-refractivity contribution in [2.75, 3.05) is 11.9 Å². The van der Waals surface area contributed by atoms with E-state index in [0.717, 1.165) is 6.07 Å². The summed E-state index contributed by atoms with van der Waals surface area (Å²) in [5, 5.41) is 10.5. The van der Waals surface area contributed by atoms with Gasteiger partial charge in [0, 0.05) is 0 Å². The second-order valence-corrected chi connectivity index (χ2v) is 3.46. The van der Waals surface area contributed by atoms with Crippen molar-refractivity contribution in [2.45, 2.75) is 6.42 Å². The lowest BCUT2D eigenvalue weighted by Gasteiger charge is -2.06. The molecule has 0 saturated heterocycles. The molecule has 1 N–H and O–H groups in total. The Morgan fingerprint density at radius 3 is 2.84 bits per heavy atom.